The molecule has 0 atom stereocenters. The molecule has 0 saturated carbocycles. The van der Waals surface area contributed by atoms with Gasteiger partial charge in [-0.1, -0.05) is 6.92 Å². The molecule has 0 saturated heterocycles. The van der Waals surface area contributed by atoms with Gasteiger partial charge in [-0.05, 0) is 63.3 Å². The molecule has 3 aromatic heterocycles. The number of unbranched alkanes of at least 4 members (excludes halogenated alkanes) is 1. The van der Waals surface area contributed by atoms with E-state index in [1.54, 1.807) is 12.4 Å². The molecule has 0 aliphatic rings. The minimum atomic E-state index is -0.150. The summed E-state index contributed by atoms with van der Waals surface area (Å²) in [6.45, 7) is 6.36. The SMILES string of the molecule is CCOC(=O)CCCCc1c(C)nn2c(CC)ccc2c1-c1cncc(C#N)c1. The van der Waals surface area contributed by atoms with Gasteiger partial charge in [-0.15, -0.1) is 0 Å². The van der Waals surface area contributed by atoms with Gasteiger partial charge in [-0.3, -0.25) is 9.78 Å². The lowest BCUT2D eigenvalue weighted by molar-refractivity contribution is -0.143. The summed E-state index contributed by atoms with van der Waals surface area (Å²) in [4.78, 5) is 15.9. The van der Waals surface area contributed by atoms with E-state index in [0.29, 0.717) is 18.6 Å². The predicted octanol–water partition coefficient (Wildman–Crippen LogP) is 4.41. The molecular weight excluding hydrogens is 364 g/mol. The lowest BCUT2D eigenvalue weighted by Gasteiger charge is -2.15. The molecule has 0 aliphatic heterocycles. The molecule has 0 N–H and O–H groups in total. The molecular formula is C23H26N4O2. The summed E-state index contributed by atoms with van der Waals surface area (Å²) in [5.74, 6) is -0.150. The van der Waals surface area contributed by atoms with Crippen LogP contribution in [0.2, 0.25) is 0 Å². The average molecular weight is 390 g/mol. The number of hydrogen-bond donors (Lipinski definition) is 0. The second-order valence-electron chi connectivity index (χ2n) is 7.00. The van der Waals surface area contributed by atoms with Crippen molar-refractivity contribution in [2.24, 2.45) is 0 Å². The molecule has 0 bridgehead atoms. The highest BCUT2D eigenvalue weighted by Gasteiger charge is 2.17. The van der Waals surface area contributed by atoms with E-state index >= 15 is 0 Å². The van der Waals surface area contributed by atoms with Crippen LogP contribution in [0.1, 0.15) is 55.6 Å². The molecule has 6 heteroatoms. The Morgan fingerprint density at radius 3 is 2.79 bits per heavy atom. The Bertz CT molecular complexity index is 1060. The summed E-state index contributed by atoms with van der Waals surface area (Å²) in [7, 11) is 0. The van der Waals surface area contributed by atoms with Gasteiger partial charge in [0.1, 0.15) is 6.07 Å². The summed E-state index contributed by atoms with van der Waals surface area (Å²) < 4.78 is 7.01. The molecule has 3 rings (SSSR count). The van der Waals surface area contributed by atoms with Crippen LogP contribution in [0.5, 0.6) is 0 Å². The summed E-state index contributed by atoms with van der Waals surface area (Å²) in [6.07, 6.45) is 7.11. The van der Waals surface area contributed by atoms with Crippen molar-refractivity contribution in [1.82, 2.24) is 14.6 Å². The van der Waals surface area contributed by atoms with E-state index in [-0.39, 0.29) is 5.97 Å². The molecule has 6 nitrogen and oxygen atoms in total. The smallest absolute Gasteiger partial charge is 0.305 e. The number of nitrogens with zero attached hydrogens (tertiary/aromatic N) is 4. The molecule has 150 valence electrons. The van der Waals surface area contributed by atoms with E-state index in [0.717, 1.165) is 59.3 Å². The summed E-state index contributed by atoms with van der Waals surface area (Å²) in [6, 6.07) is 8.23. The van der Waals surface area contributed by atoms with Crippen molar-refractivity contribution in [3.05, 3.63) is 53.1 Å². The third kappa shape index (κ3) is 4.45. The minimum Gasteiger partial charge on any atom is -0.466 e. The first-order valence-corrected chi connectivity index (χ1v) is 10.1. The largest absolute Gasteiger partial charge is 0.466 e. The monoisotopic (exact) mass is 390 g/mol. The Morgan fingerprint density at radius 1 is 1.24 bits per heavy atom. The van der Waals surface area contributed by atoms with Crippen LogP contribution >= 0.6 is 0 Å². The second-order valence-corrected chi connectivity index (χ2v) is 7.00. The van der Waals surface area contributed by atoms with Crippen molar-refractivity contribution < 1.29 is 9.53 Å². The number of aromatic nitrogens is 3. The number of rotatable bonds is 8. The molecule has 3 heterocycles. The van der Waals surface area contributed by atoms with Gasteiger partial charge in [0.25, 0.3) is 0 Å². The van der Waals surface area contributed by atoms with E-state index in [1.807, 2.05) is 24.4 Å². The fourth-order valence-corrected chi connectivity index (χ4v) is 3.66. The third-order valence-corrected chi connectivity index (χ3v) is 5.06. The standard InChI is InChI=1S/C23H26N4O2/c1-4-19-10-11-21-23(18-12-17(13-24)14-25-15-18)20(16(3)26-27(19)21)8-6-7-9-22(28)29-5-2/h10-12,14-15H,4-9H2,1-3H3. The lowest BCUT2D eigenvalue weighted by Crippen LogP contribution is -2.07. The Hall–Kier alpha value is -3.20. The zero-order valence-electron chi connectivity index (χ0n) is 17.2. The fraction of sp³-hybridized carbons (Fsp3) is 0.391. The maximum Gasteiger partial charge on any atom is 0.305 e. The lowest BCUT2D eigenvalue weighted by atomic mass is 9.95. The van der Waals surface area contributed by atoms with E-state index in [9.17, 15) is 10.1 Å². The van der Waals surface area contributed by atoms with Crippen LogP contribution < -0.4 is 0 Å². The maximum atomic E-state index is 11.6. The van der Waals surface area contributed by atoms with Crippen LogP contribution in [0.25, 0.3) is 16.6 Å². The maximum absolute atomic E-state index is 11.6. The average Bonchev–Trinajstić information content (AvgIpc) is 3.13. The van der Waals surface area contributed by atoms with Gasteiger partial charge in [-0.2, -0.15) is 10.4 Å². The zero-order chi connectivity index (χ0) is 20.8. The van der Waals surface area contributed by atoms with Crippen LogP contribution in [0.15, 0.2) is 30.6 Å². The zero-order valence-corrected chi connectivity index (χ0v) is 17.2. The number of carbonyl (C=O) groups excluding carboxylic acids is 1. The highest BCUT2D eigenvalue weighted by Crippen LogP contribution is 2.32. The number of hydrogen-bond acceptors (Lipinski definition) is 5. The Kier molecular flexibility index (Phi) is 6.61. The van der Waals surface area contributed by atoms with Crippen molar-refractivity contribution in [3.8, 4) is 17.2 Å². The third-order valence-electron chi connectivity index (χ3n) is 5.06. The van der Waals surface area contributed by atoms with Gasteiger partial charge in [-0.25, -0.2) is 4.52 Å². The molecule has 29 heavy (non-hydrogen) atoms. The first kappa shape index (κ1) is 20.5. The Balaban J connectivity index is 2.00. The number of esters is 1. The number of carbonyl (C=O) groups is 1. The molecule has 0 unspecified atom stereocenters. The van der Waals surface area contributed by atoms with E-state index < -0.39 is 0 Å². The summed E-state index contributed by atoms with van der Waals surface area (Å²) >= 11 is 0. The summed E-state index contributed by atoms with van der Waals surface area (Å²) in [5, 5.41) is 14.1. The van der Waals surface area contributed by atoms with Gasteiger partial charge < -0.3 is 4.74 Å². The molecule has 0 aromatic carbocycles. The van der Waals surface area contributed by atoms with Crippen LogP contribution in [-0.2, 0) is 22.4 Å². The Labute approximate surface area is 171 Å². The van der Waals surface area contributed by atoms with Crippen LogP contribution in [0, 0.1) is 18.3 Å². The van der Waals surface area contributed by atoms with Gasteiger partial charge in [0.15, 0.2) is 0 Å². The normalized spacial score (nSPS) is 10.8. The fourth-order valence-electron chi connectivity index (χ4n) is 3.66. The van der Waals surface area contributed by atoms with Gasteiger partial charge >= 0.3 is 5.97 Å². The van der Waals surface area contributed by atoms with Crippen molar-refractivity contribution in [3.63, 3.8) is 0 Å². The highest BCUT2D eigenvalue weighted by molar-refractivity contribution is 5.84. The van der Waals surface area contributed by atoms with Crippen molar-refractivity contribution >= 4 is 11.5 Å². The van der Waals surface area contributed by atoms with Crippen molar-refractivity contribution in [2.45, 2.75) is 52.9 Å². The van der Waals surface area contributed by atoms with Gasteiger partial charge in [0, 0.05) is 35.6 Å². The number of aryl methyl sites for hydroxylation is 2. The first-order valence-electron chi connectivity index (χ1n) is 10.1. The van der Waals surface area contributed by atoms with Gasteiger partial charge in [0.05, 0.1) is 23.4 Å². The quantitative estimate of drug-likeness (QED) is 0.420. The molecule has 0 spiro atoms. The van der Waals surface area contributed by atoms with Crippen molar-refractivity contribution in [2.75, 3.05) is 6.61 Å². The molecule has 0 fully saturated rings. The Morgan fingerprint density at radius 2 is 2.07 bits per heavy atom. The van der Waals surface area contributed by atoms with E-state index in [2.05, 4.69) is 30.1 Å². The first-order chi connectivity index (χ1) is 14.1. The van der Waals surface area contributed by atoms with Crippen LogP contribution in [-0.4, -0.2) is 27.2 Å². The summed E-state index contributed by atoms with van der Waals surface area (Å²) in [5.41, 5.74) is 6.77. The second kappa shape index (κ2) is 9.33. The molecule has 0 amide bonds. The number of pyridine rings is 1. The molecule has 0 radical (unpaired) electrons. The van der Waals surface area contributed by atoms with Gasteiger partial charge in [0.2, 0.25) is 0 Å². The number of nitriles is 1. The van der Waals surface area contributed by atoms with E-state index in [4.69, 9.17) is 9.84 Å². The van der Waals surface area contributed by atoms with Crippen LogP contribution in [0.3, 0.4) is 0 Å². The molecule has 0 aliphatic carbocycles. The predicted molar refractivity (Wildman–Crippen MR) is 111 cm³/mol. The van der Waals surface area contributed by atoms with E-state index in [1.165, 1.54) is 0 Å². The highest BCUT2D eigenvalue weighted by atomic mass is 16.5. The number of fused-ring (bicyclic) bond motifs is 1. The van der Waals surface area contributed by atoms with Crippen molar-refractivity contribution in [1.29, 1.82) is 5.26 Å². The van der Waals surface area contributed by atoms with Crippen LogP contribution in [0.4, 0.5) is 0 Å². The molecule has 3 aromatic rings. The number of ether oxygens (including phenoxy) is 1. The topological polar surface area (TPSA) is 80.3 Å². The minimum absolute atomic E-state index is 0.150.